The van der Waals surface area contributed by atoms with Gasteiger partial charge in [0.15, 0.2) is 0 Å². The molecule has 2 nitrogen and oxygen atoms in total. The van der Waals surface area contributed by atoms with Crippen LogP contribution in [0, 0.1) is 18.6 Å². The topological polar surface area (TPSA) is 8.72 Å². The zero-order chi connectivity index (χ0) is 12.7. The average molecular weight is 264 g/mol. The fourth-order valence-corrected chi connectivity index (χ4v) is 3.39. The minimum absolute atomic E-state index is 0.111. The maximum absolute atomic E-state index is 6.83. The van der Waals surface area contributed by atoms with E-state index in [1.165, 1.54) is 0 Å². The van der Waals surface area contributed by atoms with Gasteiger partial charge in [0.25, 0.3) is 0 Å². The van der Waals surface area contributed by atoms with Gasteiger partial charge in [-0.1, -0.05) is 24.4 Å². The minimum atomic E-state index is -0.111. The summed E-state index contributed by atoms with van der Waals surface area (Å²) >= 11 is 11.0. The van der Waals surface area contributed by atoms with E-state index in [2.05, 4.69) is 9.69 Å². The number of thiocarbonyl (C=S) groups is 2. The molecule has 0 unspecified atom stereocenters. The van der Waals surface area contributed by atoms with E-state index >= 15 is 0 Å². The van der Waals surface area contributed by atoms with Gasteiger partial charge < -0.3 is 9.69 Å². The van der Waals surface area contributed by atoms with Crippen LogP contribution in [0.2, 0.25) is 0 Å². The largest absolute Gasteiger partial charge is 0.317 e. The second-order valence-electron chi connectivity index (χ2n) is 4.40. The van der Waals surface area contributed by atoms with Gasteiger partial charge in [0, 0.05) is 28.0 Å². The van der Waals surface area contributed by atoms with Crippen molar-refractivity contribution in [2.45, 2.75) is 38.5 Å². The van der Waals surface area contributed by atoms with Crippen LogP contribution in [0.5, 0.6) is 0 Å². The third-order valence-corrected chi connectivity index (χ3v) is 4.58. The standard InChI is InChI=1S/C13H16N2S2/c1-14-9-3-7-13(8-4-10-15-2)11(16)5-6-12(13)17/h3-10H2. The van der Waals surface area contributed by atoms with E-state index < -0.39 is 0 Å². The molecular weight excluding hydrogens is 248 g/mol. The van der Waals surface area contributed by atoms with Gasteiger partial charge >= 0.3 is 0 Å². The molecule has 1 aliphatic rings. The Morgan fingerprint density at radius 1 is 0.941 bits per heavy atom. The Hall–Kier alpha value is -0.840. The van der Waals surface area contributed by atoms with E-state index in [-0.39, 0.29) is 5.41 Å². The highest BCUT2D eigenvalue weighted by Gasteiger charge is 2.42. The summed E-state index contributed by atoms with van der Waals surface area (Å²) in [4.78, 5) is 8.91. The first-order valence-electron chi connectivity index (χ1n) is 5.90. The minimum Gasteiger partial charge on any atom is -0.317 e. The molecule has 1 fully saturated rings. The Morgan fingerprint density at radius 3 is 1.71 bits per heavy atom. The lowest BCUT2D eigenvalue weighted by Gasteiger charge is -2.28. The molecule has 0 saturated heterocycles. The van der Waals surface area contributed by atoms with Gasteiger partial charge in [-0.05, 0) is 25.7 Å². The maximum atomic E-state index is 6.83. The van der Waals surface area contributed by atoms with Crippen molar-refractivity contribution in [2.24, 2.45) is 5.41 Å². The highest BCUT2D eigenvalue weighted by Crippen LogP contribution is 2.42. The molecule has 90 valence electrons. The summed E-state index contributed by atoms with van der Waals surface area (Å²) in [6.07, 6.45) is 5.38. The van der Waals surface area contributed by atoms with Gasteiger partial charge in [-0.2, -0.15) is 0 Å². The van der Waals surface area contributed by atoms with E-state index in [0.717, 1.165) is 48.3 Å². The Balaban J connectivity index is 2.70. The van der Waals surface area contributed by atoms with Crippen molar-refractivity contribution in [3.8, 4) is 0 Å². The molecule has 0 atom stereocenters. The van der Waals surface area contributed by atoms with Gasteiger partial charge in [-0.25, -0.2) is 13.1 Å². The van der Waals surface area contributed by atoms with Crippen molar-refractivity contribution in [1.82, 2.24) is 0 Å². The van der Waals surface area contributed by atoms with Crippen molar-refractivity contribution in [3.05, 3.63) is 22.8 Å². The molecule has 0 aromatic rings. The van der Waals surface area contributed by atoms with Gasteiger partial charge in [0.2, 0.25) is 13.1 Å². The second kappa shape index (κ2) is 6.79. The number of nitrogens with zero attached hydrogens (tertiary/aromatic N) is 2. The number of hydrogen-bond donors (Lipinski definition) is 0. The van der Waals surface area contributed by atoms with E-state index in [1.54, 1.807) is 0 Å². The van der Waals surface area contributed by atoms with E-state index in [4.69, 9.17) is 37.6 Å². The van der Waals surface area contributed by atoms with Crippen molar-refractivity contribution < 1.29 is 0 Å². The quantitative estimate of drug-likeness (QED) is 0.408. The predicted molar refractivity (Wildman–Crippen MR) is 78.3 cm³/mol. The highest BCUT2D eigenvalue weighted by molar-refractivity contribution is 7.82. The number of hydrogen-bond acceptors (Lipinski definition) is 2. The summed E-state index contributed by atoms with van der Waals surface area (Å²) in [5, 5.41) is 0. The van der Waals surface area contributed by atoms with Crippen molar-refractivity contribution in [2.75, 3.05) is 13.1 Å². The van der Waals surface area contributed by atoms with E-state index in [1.807, 2.05) is 0 Å². The Kier molecular flexibility index (Phi) is 5.68. The van der Waals surface area contributed by atoms with Crippen LogP contribution in [0.1, 0.15) is 38.5 Å². The van der Waals surface area contributed by atoms with Crippen molar-refractivity contribution >= 4 is 34.2 Å². The zero-order valence-corrected chi connectivity index (χ0v) is 11.5. The first-order chi connectivity index (χ1) is 8.17. The summed E-state index contributed by atoms with van der Waals surface area (Å²) in [5.41, 5.74) is -0.111. The molecular formula is C13H16N2S2. The SMILES string of the molecule is [C-]#[N+]CCCC1(CCC[N+]#[C-])C(=S)CCC1=S. The molecule has 0 radical (unpaired) electrons. The monoisotopic (exact) mass is 264 g/mol. The molecule has 0 amide bonds. The van der Waals surface area contributed by atoms with Gasteiger partial charge in [-0.3, -0.25) is 0 Å². The van der Waals surface area contributed by atoms with Crippen LogP contribution < -0.4 is 0 Å². The summed E-state index contributed by atoms with van der Waals surface area (Å²) in [7, 11) is 0. The fraction of sp³-hybridized carbons (Fsp3) is 0.692. The zero-order valence-electron chi connectivity index (χ0n) is 9.87. The Bertz CT molecular complexity index is 349. The Labute approximate surface area is 114 Å². The lowest BCUT2D eigenvalue weighted by atomic mass is 9.77. The van der Waals surface area contributed by atoms with Crippen LogP contribution in [-0.2, 0) is 0 Å². The van der Waals surface area contributed by atoms with Crippen LogP contribution in [-0.4, -0.2) is 22.8 Å². The Morgan fingerprint density at radius 2 is 1.35 bits per heavy atom. The molecule has 0 aromatic heterocycles. The van der Waals surface area contributed by atoms with Gasteiger partial charge in [0.05, 0.1) is 0 Å². The first kappa shape index (κ1) is 14.2. The van der Waals surface area contributed by atoms with E-state index in [9.17, 15) is 0 Å². The van der Waals surface area contributed by atoms with Crippen LogP contribution in [0.25, 0.3) is 9.69 Å². The van der Waals surface area contributed by atoms with Gasteiger partial charge in [-0.15, -0.1) is 0 Å². The van der Waals surface area contributed by atoms with Crippen LogP contribution in [0.3, 0.4) is 0 Å². The van der Waals surface area contributed by atoms with Crippen LogP contribution in [0.4, 0.5) is 0 Å². The molecule has 0 spiro atoms. The molecule has 4 heteroatoms. The molecule has 0 aliphatic heterocycles. The third-order valence-electron chi connectivity index (χ3n) is 3.39. The lowest BCUT2D eigenvalue weighted by molar-refractivity contribution is 0.479. The molecule has 1 saturated carbocycles. The highest BCUT2D eigenvalue weighted by atomic mass is 32.1. The number of rotatable bonds is 6. The first-order valence-corrected chi connectivity index (χ1v) is 6.72. The van der Waals surface area contributed by atoms with Crippen LogP contribution >= 0.6 is 24.4 Å². The molecule has 1 aliphatic carbocycles. The average Bonchev–Trinajstić information content (AvgIpc) is 2.59. The third kappa shape index (κ3) is 3.31. The molecule has 0 bridgehead atoms. The van der Waals surface area contributed by atoms with Gasteiger partial charge in [0.1, 0.15) is 0 Å². The van der Waals surface area contributed by atoms with Crippen LogP contribution in [0.15, 0.2) is 0 Å². The summed E-state index contributed by atoms with van der Waals surface area (Å²) in [6, 6.07) is 0. The molecule has 1 rings (SSSR count). The summed E-state index contributed by atoms with van der Waals surface area (Å²) in [5.74, 6) is 0. The van der Waals surface area contributed by atoms with Crippen molar-refractivity contribution in [3.63, 3.8) is 0 Å². The summed E-state index contributed by atoms with van der Waals surface area (Å²) < 4.78 is 0. The predicted octanol–water partition coefficient (Wildman–Crippen LogP) is 3.91. The normalized spacial score (nSPS) is 17.8. The molecule has 17 heavy (non-hydrogen) atoms. The second-order valence-corrected chi connectivity index (χ2v) is 5.38. The molecule has 0 N–H and O–H groups in total. The lowest BCUT2D eigenvalue weighted by Crippen LogP contribution is -2.31. The molecule has 0 heterocycles. The fourth-order valence-electron chi connectivity index (χ4n) is 2.46. The van der Waals surface area contributed by atoms with E-state index in [0.29, 0.717) is 13.1 Å². The van der Waals surface area contributed by atoms with Crippen molar-refractivity contribution in [1.29, 1.82) is 0 Å². The summed E-state index contributed by atoms with van der Waals surface area (Å²) in [6.45, 7) is 14.8. The smallest absolute Gasteiger partial charge is 0.214 e. The maximum Gasteiger partial charge on any atom is 0.214 e. The molecule has 0 aromatic carbocycles.